The molecule has 0 saturated heterocycles. The first-order chi connectivity index (χ1) is 13.4. The SMILES string of the molecule is CCOC(=O)/C=C(\C)N1N=C(c2ccc(Cl)cc2)CC1c1cc(Cl)ccc1O. The van der Waals surface area contributed by atoms with Crippen LogP contribution in [0.25, 0.3) is 0 Å². The van der Waals surface area contributed by atoms with Crippen molar-refractivity contribution in [1.29, 1.82) is 0 Å². The lowest BCUT2D eigenvalue weighted by molar-refractivity contribution is -0.137. The number of phenols is 1. The van der Waals surface area contributed by atoms with E-state index in [2.05, 4.69) is 0 Å². The summed E-state index contributed by atoms with van der Waals surface area (Å²) in [6, 6.07) is 12.0. The summed E-state index contributed by atoms with van der Waals surface area (Å²) in [6.07, 6.45) is 1.93. The number of carbonyl (C=O) groups is 1. The van der Waals surface area contributed by atoms with Crippen LogP contribution in [0.5, 0.6) is 5.75 Å². The van der Waals surface area contributed by atoms with Gasteiger partial charge in [0.05, 0.1) is 18.4 Å². The molecular weight excluding hydrogens is 399 g/mol. The summed E-state index contributed by atoms with van der Waals surface area (Å²) < 4.78 is 5.00. The zero-order valence-electron chi connectivity index (χ0n) is 15.5. The Bertz CT molecular complexity index is 939. The molecule has 0 spiro atoms. The average molecular weight is 419 g/mol. The number of phenolic OH excluding ortho intramolecular Hbond substituents is 1. The summed E-state index contributed by atoms with van der Waals surface area (Å²) in [5, 5.41) is 18.0. The Morgan fingerprint density at radius 3 is 2.61 bits per heavy atom. The molecule has 146 valence electrons. The van der Waals surface area contributed by atoms with Gasteiger partial charge in [-0.25, -0.2) is 4.79 Å². The molecule has 5 nitrogen and oxygen atoms in total. The molecule has 1 unspecified atom stereocenters. The van der Waals surface area contributed by atoms with E-state index in [1.54, 1.807) is 49.2 Å². The molecule has 3 rings (SSSR count). The average Bonchev–Trinajstić information content (AvgIpc) is 3.09. The third-order valence-corrected chi connectivity index (χ3v) is 4.90. The van der Waals surface area contributed by atoms with Gasteiger partial charge >= 0.3 is 5.97 Å². The van der Waals surface area contributed by atoms with Gasteiger partial charge in [0.25, 0.3) is 0 Å². The zero-order chi connectivity index (χ0) is 20.3. The molecule has 0 radical (unpaired) electrons. The predicted molar refractivity (Wildman–Crippen MR) is 111 cm³/mol. The van der Waals surface area contributed by atoms with E-state index in [0.717, 1.165) is 11.3 Å². The largest absolute Gasteiger partial charge is 0.508 e. The molecular formula is C21H20Cl2N2O3. The van der Waals surface area contributed by atoms with Crippen LogP contribution in [-0.4, -0.2) is 28.4 Å². The van der Waals surface area contributed by atoms with Gasteiger partial charge in [-0.2, -0.15) is 5.10 Å². The van der Waals surface area contributed by atoms with Gasteiger partial charge in [-0.3, -0.25) is 5.01 Å². The maximum atomic E-state index is 11.9. The van der Waals surface area contributed by atoms with Gasteiger partial charge in [-0.1, -0.05) is 35.3 Å². The quantitative estimate of drug-likeness (QED) is 0.527. The molecule has 1 atom stereocenters. The summed E-state index contributed by atoms with van der Waals surface area (Å²) >= 11 is 12.1. The summed E-state index contributed by atoms with van der Waals surface area (Å²) in [5.74, 6) is -0.319. The van der Waals surface area contributed by atoms with Crippen LogP contribution >= 0.6 is 23.2 Å². The van der Waals surface area contributed by atoms with E-state index >= 15 is 0 Å². The van der Waals surface area contributed by atoms with Gasteiger partial charge in [-0.15, -0.1) is 0 Å². The van der Waals surface area contributed by atoms with Crippen LogP contribution in [0.15, 0.2) is 59.3 Å². The molecule has 7 heteroatoms. The zero-order valence-corrected chi connectivity index (χ0v) is 17.0. The molecule has 1 aliphatic rings. The van der Waals surface area contributed by atoms with Crippen molar-refractivity contribution in [3.8, 4) is 5.75 Å². The Labute approximate surface area is 173 Å². The van der Waals surface area contributed by atoms with Crippen LogP contribution in [-0.2, 0) is 9.53 Å². The standard InChI is InChI=1S/C21H20Cl2N2O3/c1-3-28-21(27)10-13(2)25-19(17-11-16(23)8-9-20(17)26)12-18(24-25)14-4-6-15(22)7-5-14/h4-11,19,26H,3,12H2,1-2H3/b13-10+. The van der Waals surface area contributed by atoms with Crippen LogP contribution in [0.3, 0.4) is 0 Å². The van der Waals surface area contributed by atoms with Crippen molar-refractivity contribution in [3.05, 3.63) is 75.4 Å². The molecule has 2 aromatic rings. The molecule has 1 heterocycles. The number of benzene rings is 2. The second kappa shape index (κ2) is 8.67. The van der Waals surface area contributed by atoms with E-state index in [-0.39, 0.29) is 11.8 Å². The monoisotopic (exact) mass is 418 g/mol. The van der Waals surface area contributed by atoms with Crippen molar-refractivity contribution in [2.75, 3.05) is 6.61 Å². The third-order valence-electron chi connectivity index (χ3n) is 4.41. The number of aromatic hydroxyl groups is 1. The molecule has 2 aromatic carbocycles. The fourth-order valence-corrected chi connectivity index (χ4v) is 3.41. The third kappa shape index (κ3) is 4.49. The normalized spacial score (nSPS) is 16.9. The molecule has 0 amide bonds. The van der Waals surface area contributed by atoms with Crippen LogP contribution in [0.4, 0.5) is 0 Å². The number of ether oxygens (including phenoxy) is 1. The van der Waals surface area contributed by atoms with Gasteiger partial charge < -0.3 is 9.84 Å². The number of hydrogen-bond acceptors (Lipinski definition) is 5. The molecule has 1 aliphatic heterocycles. The maximum absolute atomic E-state index is 11.9. The van der Waals surface area contributed by atoms with Crippen molar-refractivity contribution in [1.82, 2.24) is 5.01 Å². The van der Waals surface area contributed by atoms with Gasteiger partial charge in [0.15, 0.2) is 0 Å². The lowest BCUT2D eigenvalue weighted by Crippen LogP contribution is -2.19. The topological polar surface area (TPSA) is 62.1 Å². The fraction of sp³-hybridized carbons (Fsp3) is 0.238. The Morgan fingerprint density at radius 2 is 1.93 bits per heavy atom. The Kier molecular flexibility index (Phi) is 6.27. The molecule has 0 aromatic heterocycles. The first-order valence-corrected chi connectivity index (χ1v) is 9.60. The minimum Gasteiger partial charge on any atom is -0.508 e. The first kappa shape index (κ1) is 20.2. The molecule has 0 saturated carbocycles. The Morgan fingerprint density at radius 1 is 1.25 bits per heavy atom. The summed E-state index contributed by atoms with van der Waals surface area (Å²) in [4.78, 5) is 11.9. The van der Waals surface area contributed by atoms with Gasteiger partial charge in [0, 0.05) is 33.8 Å². The maximum Gasteiger partial charge on any atom is 0.332 e. The highest BCUT2D eigenvalue weighted by Gasteiger charge is 2.32. The van der Waals surface area contributed by atoms with E-state index in [4.69, 9.17) is 33.0 Å². The number of hydrazone groups is 1. The Balaban J connectivity index is 2.01. The predicted octanol–water partition coefficient (Wildman–Crippen LogP) is 5.32. The lowest BCUT2D eigenvalue weighted by Gasteiger charge is -2.25. The lowest BCUT2D eigenvalue weighted by atomic mass is 9.97. The van der Waals surface area contributed by atoms with E-state index < -0.39 is 5.97 Å². The van der Waals surface area contributed by atoms with Crippen LogP contribution in [0.2, 0.25) is 10.0 Å². The van der Waals surface area contributed by atoms with Crippen LogP contribution in [0, 0.1) is 0 Å². The van der Waals surface area contributed by atoms with Crippen molar-refractivity contribution >= 4 is 34.9 Å². The van der Waals surface area contributed by atoms with Gasteiger partial charge in [0.1, 0.15) is 5.75 Å². The highest BCUT2D eigenvalue weighted by molar-refractivity contribution is 6.31. The first-order valence-electron chi connectivity index (χ1n) is 8.85. The van der Waals surface area contributed by atoms with E-state index in [1.807, 2.05) is 12.1 Å². The van der Waals surface area contributed by atoms with Crippen molar-refractivity contribution in [2.45, 2.75) is 26.3 Å². The van der Waals surface area contributed by atoms with Crippen molar-refractivity contribution < 1.29 is 14.6 Å². The minimum absolute atomic E-state index is 0.121. The number of hydrogen-bond donors (Lipinski definition) is 1. The molecule has 0 bridgehead atoms. The van der Waals surface area contributed by atoms with Crippen molar-refractivity contribution in [2.24, 2.45) is 5.10 Å². The second-order valence-electron chi connectivity index (χ2n) is 6.36. The number of nitrogens with zero attached hydrogens (tertiary/aromatic N) is 2. The van der Waals surface area contributed by atoms with E-state index in [0.29, 0.717) is 34.3 Å². The van der Waals surface area contributed by atoms with Crippen molar-refractivity contribution in [3.63, 3.8) is 0 Å². The number of carbonyl (C=O) groups excluding carboxylic acids is 1. The van der Waals surface area contributed by atoms with Gasteiger partial charge in [-0.05, 0) is 49.7 Å². The number of allylic oxidation sites excluding steroid dienone is 1. The minimum atomic E-state index is -0.441. The van der Waals surface area contributed by atoms with Crippen LogP contribution < -0.4 is 0 Å². The van der Waals surface area contributed by atoms with E-state index in [1.165, 1.54) is 6.08 Å². The number of rotatable bonds is 5. The number of halogens is 2. The molecule has 28 heavy (non-hydrogen) atoms. The summed E-state index contributed by atoms with van der Waals surface area (Å²) in [6.45, 7) is 3.82. The summed E-state index contributed by atoms with van der Waals surface area (Å²) in [5.41, 5.74) is 2.98. The number of esters is 1. The highest BCUT2D eigenvalue weighted by Crippen LogP contribution is 2.40. The summed E-state index contributed by atoms with van der Waals surface area (Å²) in [7, 11) is 0. The smallest absolute Gasteiger partial charge is 0.332 e. The fourth-order valence-electron chi connectivity index (χ4n) is 3.11. The highest BCUT2D eigenvalue weighted by atomic mass is 35.5. The second-order valence-corrected chi connectivity index (χ2v) is 7.23. The molecule has 0 aliphatic carbocycles. The molecule has 0 fully saturated rings. The van der Waals surface area contributed by atoms with Crippen LogP contribution in [0.1, 0.15) is 37.4 Å². The van der Waals surface area contributed by atoms with E-state index in [9.17, 15) is 9.90 Å². The van der Waals surface area contributed by atoms with Gasteiger partial charge in [0.2, 0.25) is 0 Å². The Hall–Kier alpha value is -2.50. The molecule has 1 N–H and O–H groups in total.